The molecule has 0 aromatic carbocycles. The van der Waals surface area contributed by atoms with Crippen molar-refractivity contribution in [2.24, 2.45) is 0 Å². The van der Waals surface area contributed by atoms with Gasteiger partial charge in [-0.05, 0) is 0 Å². The molecule has 11 heteroatoms. The summed E-state index contributed by atoms with van der Waals surface area (Å²) < 4.78 is 14.1. The van der Waals surface area contributed by atoms with Gasteiger partial charge in [0.2, 0.25) is 0 Å². The molecule has 0 amide bonds. The molecule has 0 heterocycles. The number of hydrogen-bond acceptors (Lipinski definition) is 7. The molecule has 0 saturated carbocycles. The van der Waals surface area contributed by atoms with Crippen LogP contribution < -0.4 is 0 Å². The third-order valence-electron chi connectivity index (χ3n) is 1.65. The molecule has 17 heavy (non-hydrogen) atoms. The first-order valence-electron chi connectivity index (χ1n) is 4.06. The van der Waals surface area contributed by atoms with Gasteiger partial charge in [0.25, 0.3) is 0 Å². The van der Waals surface area contributed by atoms with Crippen molar-refractivity contribution in [2.45, 2.75) is 24.4 Å². The van der Waals surface area contributed by atoms with Crippen LogP contribution in [-0.2, 0) is 13.9 Å². The Bertz CT molecular complexity index is 268. The fourth-order valence-corrected chi connectivity index (χ4v) is 1.13. The van der Waals surface area contributed by atoms with Crippen molar-refractivity contribution >= 4 is 43.7 Å². The molecule has 6 N–H and O–H groups in total. The second kappa shape index (κ2) is 8.68. The summed E-state index contributed by atoms with van der Waals surface area (Å²) in [4.78, 5) is 26.6. The number of phosphoric ester groups is 1. The van der Waals surface area contributed by atoms with Crippen LogP contribution in [0.2, 0.25) is 0 Å². The van der Waals surface area contributed by atoms with Crippen molar-refractivity contribution < 1.29 is 44.1 Å². The van der Waals surface area contributed by atoms with Crippen LogP contribution >= 0.6 is 7.82 Å². The van der Waals surface area contributed by atoms with Crippen molar-refractivity contribution in [3.8, 4) is 0 Å². The van der Waals surface area contributed by atoms with E-state index >= 15 is 0 Å². The van der Waals surface area contributed by atoms with E-state index in [0.29, 0.717) is 0 Å². The van der Waals surface area contributed by atoms with Crippen LogP contribution in [0, 0.1) is 0 Å². The number of carbonyl (C=O) groups excluding carboxylic acids is 1. The van der Waals surface area contributed by atoms with E-state index < -0.39 is 38.8 Å². The number of rotatable bonds is 7. The monoisotopic (exact) mass is 284 g/mol. The molecule has 0 spiro atoms. The Morgan fingerprint density at radius 1 is 1.12 bits per heavy atom. The molecule has 0 saturated heterocycles. The molecular formula is C6H14NaO9P. The van der Waals surface area contributed by atoms with Gasteiger partial charge in [-0.2, -0.15) is 0 Å². The van der Waals surface area contributed by atoms with Gasteiger partial charge in [-0.15, -0.1) is 0 Å². The molecule has 0 rings (SSSR count). The topological polar surface area (TPSA) is 165 Å². The zero-order valence-electron chi connectivity index (χ0n) is 7.95. The predicted molar refractivity (Wildman–Crippen MR) is 55.2 cm³/mol. The molecule has 98 valence electrons. The summed E-state index contributed by atoms with van der Waals surface area (Å²) in [5, 5.41) is 36.1. The number of aldehydes is 1. The van der Waals surface area contributed by atoms with E-state index in [2.05, 4.69) is 4.52 Å². The van der Waals surface area contributed by atoms with Crippen molar-refractivity contribution in [1.29, 1.82) is 0 Å². The third kappa shape index (κ3) is 8.36. The number of phosphoric acid groups is 1. The minimum absolute atomic E-state index is 0. The first-order valence-corrected chi connectivity index (χ1v) is 5.59. The zero-order chi connectivity index (χ0) is 12.9. The summed E-state index contributed by atoms with van der Waals surface area (Å²) >= 11 is 0. The number of aliphatic hydroxyl groups excluding tert-OH is 4. The molecule has 0 aliphatic heterocycles. The van der Waals surface area contributed by atoms with Gasteiger partial charge in [-0.1, -0.05) is 0 Å². The summed E-state index contributed by atoms with van der Waals surface area (Å²) in [6.45, 7) is -0.964. The van der Waals surface area contributed by atoms with Gasteiger partial charge in [0, 0.05) is 0 Å². The minimum atomic E-state index is -4.80. The second-order valence-electron chi connectivity index (χ2n) is 2.96. The van der Waals surface area contributed by atoms with Crippen LogP contribution in [0.3, 0.4) is 0 Å². The molecular weight excluding hydrogens is 270 g/mol. The van der Waals surface area contributed by atoms with Gasteiger partial charge in [-0.3, -0.25) is 4.52 Å². The summed E-state index contributed by atoms with van der Waals surface area (Å²) in [6.07, 6.45) is -7.80. The maximum atomic E-state index is 10.2. The first kappa shape index (κ1) is 19.9. The first-order chi connectivity index (χ1) is 7.19. The average Bonchev–Trinajstić information content (AvgIpc) is 2.21. The summed E-state index contributed by atoms with van der Waals surface area (Å²) in [5.41, 5.74) is 0. The fourth-order valence-electron chi connectivity index (χ4n) is 0.782. The fraction of sp³-hybridized carbons (Fsp3) is 0.833. The van der Waals surface area contributed by atoms with Crippen LogP contribution in [0.1, 0.15) is 0 Å². The zero-order valence-corrected chi connectivity index (χ0v) is 8.84. The number of aliphatic hydroxyl groups is 4. The maximum absolute atomic E-state index is 10.2. The van der Waals surface area contributed by atoms with Crippen LogP contribution in [0.5, 0.6) is 0 Å². The van der Waals surface area contributed by atoms with E-state index in [1.807, 2.05) is 0 Å². The molecule has 0 fully saturated rings. The summed E-state index contributed by atoms with van der Waals surface area (Å²) in [6, 6.07) is 0. The molecule has 0 aromatic heterocycles. The number of carbonyl (C=O) groups is 1. The molecule has 0 unspecified atom stereocenters. The predicted octanol–water partition coefficient (Wildman–Crippen LogP) is -3.91. The summed E-state index contributed by atoms with van der Waals surface area (Å²) in [5.74, 6) is 0. The van der Waals surface area contributed by atoms with Crippen molar-refractivity contribution in [1.82, 2.24) is 0 Å². The number of hydrogen-bond donors (Lipinski definition) is 6. The van der Waals surface area contributed by atoms with E-state index in [1.165, 1.54) is 0 Å². The van der Waals surface area contributed by atoms with Crippen LogP contribution in [0.15, 0.2) is 0 Å². The van der Waals surface area contributed by atoms with E-state index in [-0.39, 0.29) is 35.8 Å². The van der Waals surface area contributed by atoms with Crippen molar-refractivity contribution in [2.75, 3.05) is 6.61 Å². The molecule has 9 nitrogen and oxygen atoms in total. The molecule has 0 bridgehead atoms. The van der Waals surface area contributed by atoms with Gasteiger partial charge in [-0.25, -0.2) is 4.57 Å². The van der Waals surface area contributed by atoms with Crippen molar-refractivity contribution in [3.63, 3.8) is 0 Å². The van der Waals surface area contributed by atoms with Crippen LogP contribution in [-0.4, -0.2) is 97.1 Å². The van der Waals surface area contributed by atoms with Gasteiger partial charge in [0.05, 0.1) is 6.61 Å². The van der Waals surface area contributed by atoms with Crippen LogP contribution in [0.4, 0.5) is 0 Å². The Balaban J connectivity index is 0. The Morgan fingerprint density at radius 2 is 1.59 bits per heavy atom. The average molecular weight is 284 g/mol. The second-order valence-corrected chi connectivity index (χ2v) is 4.20. The van der Waals surface area contributed by atoms with E-state index in [0.717, 1.165) is 0 Å². The van der Waals surface area contributed by atoms with E-state index in [1.54, 1.807) is 0 Å². The van der Waals surface area contributed by atoms with Crippen LogP contribution in [0.25, 0.3) is 0 Å². The van der Waals surface area contributed by atoms with Gasteiger partial charge < -0.3 is 35.0 Å². The van der Waals surface area contributed by atoms with Gasteiger partial charge >= 0.3 is 37.4 Å². The normalized spacial score (nSPS) is 18.7. The van der Waals surface area contributed by atoms with Gasteiger partial charge in [0.15, 0.2) is 6.29 Å². The standard InChI is InChI=1S/C6H13O9P.Na.H/c7-1-3(8)5(10)6(11)4(9)2-15-16(12,13)14;;/h1,3-6,8-11H,2H2,(H2,12,13,14);;/t3-,4-,5-,6-;;/m1../s1. The van der Waals surface area contributed by atoms with Gasteiger partial charge in [0.1, 0.15) is 24.4 Å². The molecule has 0 aliphatic rings. The summed E-state index contributed by atoms with van der Waals surface area (Å²) in [7, 11) is -4.80. The van der Waals surface area contributed by atoms with Crippen molar-refractivity contribution in [3.05, 3.63) is 0 Å². The Hall–Kier alpha value is 0.620. The quantitative estimate of drug-likeness (QED) is 0.156. The van der Waals surface area contributed by atoms with E-state index in [9.17, 15) is 9.36 Å². The SMILES string of the molecule is O=C[C@@H](O)[C@@H](O)[C@H](O)[C@H](O)COP(=O)(O)O.[NaH]. The van der Waals surface area contributed by atoms with E-state index in [4.69, 9.17) is 30.2 Å². The molecule has 0 radical (unpaired) electrons. The third-order valence-corrected chi connectivity index (χ3v) is 2.13. The Kier molecular flexibility index (Phi) is 10.2. The Labute approximate surface area is 119 Å². The molecule has 4 atom stereocenters. The molecule has 0 aromatic rings. The molecule has 0 aliphatic carbocycles. The Morgan fingerprint density at radius 3 is 1.94 bits per heavy atom.